The van der Waals surface area contributed by atoms with Gasteiger partial charge >= 0.3 is 0 Å². The van der Waals surface area contributed by atoms with E-state index in [0.717, 1.165) is 120 Å². The molecule has 4 amide bonds. The zero-order valence-corrected chi connectivity index (χ0v) is 49.1. The van der Waals surface area contributed by atoms with Crippen LogP contribution in [-0.4, -0.2) is 150 Å². The van der Waals surface area contributed by atoms with Crippen LogP contribution in [0.25, 0.3) is 21.6 Å². The van der Waals surface area contributed by atoms with Crippen LogP contribution in [0.15, 0.2) is 77.0 Å². The van der Waals surface area contributed by atoms with Crippen molar-refractivity contribution in [2.75, 3.05) is 77.1 Å². The van der Waals surface area contributed by atoms with Crippen LogP contribution >= 0.6 is 11.3 Å². The number of aliphatic hydroxyl groups is 1. The summed E-state index contributed by atoms with van der Waals surface area (Å²) < 4.78 is 11.6. The lowest BCUT2D eigenvalue weighted by Gasteiger charge is -2.37. The quantitative estimate of drug-likeness (QED) is 0.0463. The van der Waals surface area contributed by atoms with Crippen LogP contribution in [0.4, 0.5) is 5.69 Å². The van der Waals surface area contributed by atoms with E-state index in [2.05, 4.69) is 77.9 Å². The van der Waals surface area contributed by atoms with Gasteiger partial charge in [-0.3, -0.25) is 28.9 Å². The van der Waals surface area contributed by atoms with Crippen molar-refractivity contribution in [2.45, 2.75) is 131 Å². The molecule has 2 aromatic heterocycles. The molecular formula is C62H83N9O8S. The highest BCUT2D eigenvalue weighted by Gasteiger charge is 2.45. The summed E-state index contributed by atoms with van der Waals surface area (Å²) in [6.07, 6.45) is 1.81. The SMILES string of the molecule is CCN(c1cc(-c2ccc(CN3CCN(CCCOCC(=O)N[C@H](C(=O)N4C[C@H](O)C[C@H]4C(=O)N[C@@H](C)c4ccc(-c5scnc5C)cc4)C(C)(C)C)CC3)cc2)cc(C(=O)NCc2c(C)cc(C)[nH]c2=O)c1C)C1CCOCC1. The first-order valence-corrected chi connectivity index (χ1v) is 29.3. The van der Waals surface area contributed by atoms with E-state index in [0.29, 0.717) is 37.0 Å². The number of aliphatic hydroxyl groups excluding tert-OH is 1. The number of hydrogen-bond donors (Lipinski definition) is 5. The zero-order chi connectivity index (χ0) is 57.3. The normalized spacial score (nSPS) is 18.2. The predicted octanol–water partition coefficient (Wildman–Crippen LogP) is 7.23. The molecule has 0 aliphatic carbocycles. The second-order valence-corrected chi connectivity index (χ2v) is 23.9. The minimum absolute atomic E-state index is 0.00670. The number of benzene rings is 3. The van der Waals surface area contributed by atoms with E-state index >= 15 is 0 Å². The average molecular weight is 1110 g/mol. The Morgan fingerprint density at radius 2 is 1.60 bits per heavy atom. The third-order valence-corrected chi connectivity index (χ3v) is 17.0. The molecule has 0 spiro atoms. The Bertz CT molecular complexity index is 2990. The number of β-amino-alcohol motifs (C(OH)–C–C–N with tert-alkyl or cyclic N) is 1. The number of aromatic amines is 1. The molecule has 80 heavy (non-hydrogen) atoms. The van der Waals surface area contributed by atoms with Crippen molar-refractivity contribution in [2.24, 2.45) is 5.41 Å². The van der Waals surface area contributed by atoms with Crippen molar-refractivity contribution in [3.05, 3.63) is 127 Å². The number of H-pyrrole nitrogens is 1. The van der Waals surface area contributed by atoms with Crippen molar-refractivity contribution in [3.8, 4) is 21.6 Å². The van der Waals surface area contributed by atoms with Crippen molar-refractivity contribution >= 4 is 40.7 Å². The molecule has 3 aromatic carbocycles. The van der Waals surface area contributed by atoms with E-state index in [1.54, 1.807) is 11.3 Å². The second kappa shape index (κ2) is 27.0. The largest absolute Gasteiger partial charge is 0.391 e. The first-order chi connectivity index (χ1) is 38.3. The molecule has 0 radical (unpaired) electrons. The number of piperazine rings is 1. The Kier molecular flexibility index (Phi) is 20.2. The van der Waals surface area contributed by atoms with Gasteiger partial charge < -0.3 is 50.2 Å². The number of pyridine rings is 1. The number of likely N-dealkylation sites (tertiary alicyclic amines) is 1. The van der Waals surface area contributed by atoms with Crippen molar-refractivity contribution < 1.29 is 33.8 Å². The molecule has 5 N–H and O–H groups in total. The molecule has 0 saturated carbocycles. The lowest BCUT2D eigenvalue weighted by Crippen LogP contribution is -2.58. The number of carbonyl (C=O) groups is 4. The molecule has 3 fully saturated rings. The lowest BCUT2D eigenvalue weighted by atomic mass is 9.85. The molecule has 4 atom stereocenters. The third kappa shape index (κ3) is 15.0. The highest BCUT2D eigenvalue weighted by Crippen LogP contribution is 2.35. The summed E-state index contributed by atoms with van der Waals surface area (Å²) >= 11 is 1.58. The van der Waals surface area contributed by atoms with Crippen LogP contribution in [0.2, 0.25) is 0 Å². The van der Waals surface area contributed by atoms with Crippen molar-refractivity contribution in [1.82, 2.24) is 40.6 Å². The van der Waals surface area contributed by atoms with Gasteiger partial charge in [-0.25, -0.2) is 4.98 Å². The summed E-state index contributed by atoms with van der Waals surface area (Å²) in [7, 11) is 0. The number of anilines is 1. The van der Waals surface area contributed by atoms with Gasteiger partial charge in [0.15, 0.2) is 0 Å². The zero-order valence-electron chi connectivity index (χ0n) is 48.3. The Balaban J connectivity index is 0.791. The molecule has 17 nitrogen and oxygen atoms in total. The molecule has 3 saturated heterocycles. The fourth-order valence-electron chi connectivity index (χ4n) is 11.4. The summed E-state index contributed by atoms with van der Waals surface area (Å²) in [5.41, 5.74) is 11.8. The van der Waals surface area contributed by atoms with Gasteiger partial charge in [-0.2, -0.15) is 0 Å². The van der Waals surface area contributed by atoms with Gasteiger partial charge in [0.05, 0.1) is 28.2 Å². The van der Waals surface area contributed by atoms with E-state index in [4.69, 9.17) is 9.47 Å². The molecule has 3 aliphatic heterocycles. The number of rotatable bonds is 21. The molecule has 5 heterocycles. The third-order valence-electron chi connectivity index (χ3n) is 16.0. The van der Waals surface area contributed by atoms with E-state index in [1.807, 2.05) is 97.3 Å². The molecular weight excluding hydrogens is 1030 g/mol. The summed E-state index contributed by atoms with van der Waals surface area (Å²) in [5, 5.41) is 19.7. The van der Waals surface area contributed by atoms with Gasteiger partial charge in [-0.15, -0.1) is 11.3 Å². The molecule has 430 valence electrons. The van der Waals surface area contributed by atoms with E-state index in [9.17, 15) is 29.1 Å². The van der Waals surface area contributed by atoms with Crippen LogP contribution in [0.3, 0.4) is 0 Å². The minimum Gasteiger partial charge on any atom is -0.391 e. The fourth-order valence-corrected chi connectivity index (χ4v) is 12.2. The van der Waals surface area contributed by atoms with E-state index < -0.39 is 35.4 Å². The summed E-state index contributed by atoms with van der Waals surface area (Å²) in [6.45, 7) is 25.2. The van der Waals surface area contributed by atoms with Crippen LogP contribution < -0.4 is 26.4 Å². The minimum atomic E-state index is -0.947. The lowest BCUT2D eigenvalue weighted by molar-refractivity contribution is -0.144. The van der Waals surface area contributed by atoms with E-state index in [-0.39, 0.29) is 49.5 Å². The Labute approximate surface area is 475 Å². The van der Waals surface area contributed by atoms with Gasteiger partial charge in [0.25, 0.3) is 11.5 Å². The number of thiazole rings is 1. The molecule has 5 aromatic rings. The van der Waals surface area contributed by atoms with Crippen molar-refractivity contribution in [3.63, 3.8) is 0 Å². The van der Waals surface area contributed by atoms with Gasteiger partial charge in [0, 0.05) is 114 Å². The summed E-state index contributed by atoms with van der Waals surface area (Å²) in [4.78, 5) is 85.1. The van der Waals surface area contributed by atoms with Crippen LogP contribution in [0, 0.1) is 33.1 Å². The molecule has 18 heteroatoms. The molecule has 8 rings (SSSR count). The highest BCUT2D eigenvalue weighted by atomic mass is 32.1. The van der Waals surface area contributed by atoms with Crippen LogP contribution in [0.1, 0.15) is 116 Å². The van der Waals surface area contributed by atoms with Gasteiger partial charge in [0.2, 0.25) is 17.7 Å². The first-order valence-electron chi connectivity index (χ1n) is 28.4. The number of hydrogen-bond acceptors (Lipinski definition) is 13. The number of carbonyl (C=O) groups excluding carboxylic acids is 4. The van der Waals surface area contributed by atoms with Crippen molar-refractivity contribution in [1.29, 1.82) is 0 Å². The standard InChI is InChI=1S/C62H83N9O8S/c1-10-70(49-20-28-78-29-21-49)53-32-48(31-51(41(53)4)58(74)63-34-52-39(2)30-40(3)65-59(52)75)46-14-12-44(13-15-46)35-69-25-23-68(24-26-69)22-11-27-79-37-55(73)67-57(62(7,8)9)61(77)71-36-50(72)33-54(71)60(76)66-42(5)45-16-18-47(19-17-45)56-43(6)64-38-80-56/h12-19,30-32,38,42,49-50,54,57,72H,10-11,20-29,33-37H2,1-9H3,(H,63,74)(H,65,75)(H,66,76)(H,67,73)/t42-,50+,54-,57+/m0/s1. The number of nitrogens with one attached hydrogen (secondary N) is 4. The summed E-state index contributed by atoms with van der Waals surface area (Å²) in [5.74, 6) is -1.41. The van der Waals surface area contributed by atoms with Gasteiger partial charge in [-0.05, 0) is 123 Å². The maximum Gasteiger partial charge on any atom is 0.253 e. The number of amides is 4. The number of ether oxygens (including phenoxy) is 2. The number of aryl methyl sites for hydroxylation is 3. The van der Waals surface area contributed by atoms with E-state index in [1.165, 1.54) is 10.5 Å². The molecule has 3 aliphatic rings. The smallest absolute Gasteiger partial charge is 0.253 e. The molecule has 0 unspecified atom stereocenters. The monoisotopic (exact) mass is 1110 g/mol. The Morgan fingerprint density at radius 1 is 0.912 bits per heavy atom. The first kappa shape index (κ1) is 59.8. The fraction of sp³-hybridized carbons (Fsp3) is 0.516. The van der Waals surface area contributed by atoms with Gasteiger partial charge in [0.1, 0.15) is 18.7 Å². The predicted molar refractivity (Wildman–Crippen MR) is 315 cm³/mol. The Morgan fingerprint density at radius 3 is 2.25 bits per heavy atom. The molecule has 0 bridgehead atoms. The maximum absolute atomic E-state index is 14.2. The second-order valence-electron chi connectivity index (χ2n) is 23.0. The Hall–Kier alpha value is -6.28. The topological polar surface area (TPSA) is 202 Å². The van der Waals surface area contributed by atoms with Gasteiger partial charge in [-0.1, -0.05) is 69.3 Å². The van der Waals surface area contributed by atoms with Crippen LogP contribution in [0.5, 0.6) is 0 Å². The number of aromatic nitrogens is 2. The average Bonchev–Trinajstić information content (AvgIpc) is 4.08. The number of nitrogens with zero attached hydrogens (tertiary/aromatic N) is 5. The highest BCUT2D eigenvalue weighted by molar-refractivity contribution is 7.13. The van der Waals surface area contributed by atoms with Crippen LogP contribution in [-0.2, 0) is 36.9 Å². The summed E-state index contributed by atoms with van der Waals surface area (Å²) in [6, 6.07) is 20.9. The maximum atomic E-state index is 14.2.